The normalized spacial score (nSPS) is 30.6. The van der Waals surface area contributed by atoms with E-state index < -0.39 is 10.7 Å². The van der Waals surface area contributed by atoms with Crippen LogP contribution in [0.5, 0.6) is 0 Å². The second-order valence-corrected chi connectivity index (χ2v) is 6.71. The Balaban J connectivity index is 2.59. The van der Waals surface area contributed by atoms with Gasteiger partial charge in [-0.2, -0.15) is 0 Å². The Morgan fingerprint density at radius 2 is 2.00 bits per heavy atom. The smallest absolute Gasteiger partial charge is 0.319 e. The molecule has 94 valence electrons. The highest BCUT2D eigenvalue weighted by atomic mass is 32.2. The minimum atomic E-state index is -0.590. The van der Waals surface area contributed by atoms with E-state index in [1.807, 2.05) is 0 Å². The molecule has 0 atom stereocenters. The van der Waals surface area contributed by atoms with Crippen LogP contribution in [0.2, 0.25) is 0 Å². The summed E-state index contributed by atoms with van der Waals surface area (Å²) in [6.45, 7) is 6.61. The molecule has 2 nitrogen and oxygen atoms in total. The van der Waals surface area contributed by atoms with Crippen molar-refractivity contribution in [3.8, 4) is 0 Å². The van der Waals surface area contributed by atoms with E-state index >= 15 is 0 Å². The Labute approximate surface area is 103 Å². The van der Waals surface area contributed by atoms with E-state index in [9.17, 15) is 9.90 Å². The van der Waals surface area contributed by atoms with Crippen LogP contribution >= 0.6 is 11.8 Å². The third-order valence-electron chi connectivity index (χ3n) is 3.75. The van der Waals surface area contributed by atoms with Gasteiger partial charge in [-0.05, 0) is 49.7 Å². The summed E-state index contributed by atoms with van der Waals surface area (Å²) < 4.78 is -0.471. The van der Waals surface area contributed by atoms with Gasteiger partial charge in [-0.25, -0.2) is 0 Å². The van der Waals surface area contributed by atoms with Crippen LogP contribution in [0.25, 0.3) is 0 Å². The molecule has 0 unspecified atom stereocenters. The van der Waals surface area contributed by atoms with Gasteiger partial charge < -0.3 is 5.11 Å². The Morgan fingerprint density at radius 3 is 2.38 bits per heavy atom. The van der Waals surface area contributed by atoms with Gasteiger partial charge in [0.1, 0.15) is 4.75 Å². The third kappa shape index (κ3) is 3.16. The summed E-state index contributed by atoms with van der Waals surface area (Å²) in [6, 6.07) is 0. The maximum atomic E-state index is 11.4. The van der Waals surface area contributed by atoms with Gasteiger partial charge in [0.15, 0.2) is 0 Å². The van der Waals surface area contributed by atoms with Crippen molar-refractivity contribution >= 4 is 17.7 Å². The quantitative estimate of drug-likeness (QED) is 0.799. The van der Waals surface area contributed by atoms with Crippen molar-refractivity contribution in [1.82, 2.24) is 0 Å². The Kier molecular flexibility index (Phi) is 5.16. The Bertz CT molecular complexity index is 230. The van der Waals surface area contributed by atoms with E-state index in [0.717, 1.165) is 43.8 Å². The molecule has 1 N–H and O–H groups in total. The maximum absolute atomic E-state index is 11.4. The van der Waals surface area contributed by atoms with Crippen molar-refractivity contribution in [2.75, 3.05) is 5.75 Å². The van der Waals surface area contributed by atoms with Gasteiger partial charge >= 0.3 is 5.97 Å². The van der Waals surface area contributed by atoms with Crippen LogP contribution in [0.3, 0.4) is 0 Å². The van der Waals surface area contributed by atoms with Crippen molar-refractivity contribution in [3.63, 3.8) is 0 Å². The molecule has 1 aliphatic carbocycles. The monoisotopic (exact) mass is 244 g/mol. The number of aliphatic carboxylic acids is 1. The summed E-state index contributed by atoms with van der Waals surface area (Å²) in [4.78, 5) is 11.4. The predicted molar refractivity (Wildman–Crippen MR) is 69.9 cm³/mol. The summed E-state index contributed by atoms with van der Waals surface area (Å²) in [5.74, 6) is 1.81. The second-order valence-electron chi connectivity index (χ2n) is 5.23. The van der Waals surface area contributed by atoms with Crippen LogP contribution in [-0.2, 0) is 4.79 Å². The van der Waals surface area contributed by atoms with E-state index in [1.165, 1.54) is 0 Å². The van der Waals surface area contributed by atoms with Gasteiger partial charge in [-0.1, -0.05) is 20.8 Å². The molecular weight excluding hydrogens is 220 g/mol. The van der Waals surface area contributed by atoms with E-state index in [-0.39, 0.29) is 0 Å². The lowest BCUT2D eigenvalue weighted by atomic mass is 9.76. The highest BCUT2D eigenvalue weighted by Gasteiger charge is 2.42. The minimum absolute atomic E-state index is 0.471. The molecule has 0 aliphatic heterocycles. The van der Waals surface area contributed by atoms with Gasteiger partial charge in [-0.3, -0.25) is 4.79 Å². The molecule has 1 fully saturated rings. The van der Waals surface area contributed by atoms with Gasteiger partial charge in [0.05, 0.1) is 0 Å². The van der Waals surface area contributed by atoms with E-state index in [2.05, 4.69) is 20.8 Å². The number of hydrogen-bond acceptors (Lipinski definition) is 2. The van der Waals surface area contributed by atoms with Crippen LogP contribution in [-0.4, -0.2) is 21.6 Å². The summed E-state index contributed by atoms with van der Waals surface area (Å²) in [5, 5.41) is 9.42. The lowest BCUT2D eigenvalue weighted by molar-refractivity contribution is -0.141. The lowest BCUT2D eigenvalue weighted by Crippen LogP contribution is -2.40. The van der Waals surface area contributed by atoms with E-state index in [4.69, 9.17) is 0 Å². The van der Waals surface area contributed by atoms with Crippen LogP contribution in [0.4, 0.5) is 0 Å². The molecule has 0 spiro atoms. The maximum Gasteiger partial charge on any atom is 0.319 e. The van der Waals surface area contributed by atoms with Gasteiger partial charge in [0.2, 0.25) is 0 Å². The molecular formula is C13H24O2S. The minimum Gasteiger partial charge on any atom is -0.480 e. The van der Waals surface area contributed by atoms with E-state index in [0.29, 0.717) is 5.92 Å². The molecule has 0 heterocycles. The lowest BCUT2D eigenvalue weighted by Gasteiger charge is -2.37. The van der Waals surface area contributed by atoms with Crippen molar-refractivity contribution in [3.05, 3.63) is 0 Å². The first-order chi connectivity index (χ1) is 7.52. The van der Waals surface area contributed by atoms with Crippen molar-refractivity contribution in [2.24, 2.45) is 11.8 Å². The fourth-order valence-electron chi connectivity index (χ4n) is 2.49. The molecule has 1 saturated carbocycles. The van der Waals surface area contributed by atoms with Gasteiger partial charge in [-0.15, -0.1) is 11.8 Å². The molecule has 16 heavy (non-hydrogen) atoms. The summed E-state index contributed by atoms with van der Waals surface area (Å²) in [5.41, 5.74) is 0. The molecule has 0 aromatic carbocycles. The fourth-order valence-corrected chi connectivity index (χ4v) is 3.73. The standard InChI is InChI=1S/C13H24O2S/c1-4-9-16-13(12(14)15)7-5-11(6-8-13)10(2)3/h10-11H,4-9H2,1-3H3,(H,14,15). The molecule has 0 bridgehead atoms. The number of carbonyl (C=O) groups is 1. The Hall–Kier alpha value is -0.180. The predicted octanol–water partition coefficient (Wildman–Crippen LogP) is 3.80. The molecule has 0 amide bonds. The zero-order valence-electron chi connectivity index (χ0n) is 10.7. The van der Waals surface area contributed by atoms with Gasteiger partial charge in [0.25, 0.3) is 0 Å². The average Bonchev–Trinajstić information content (AvgIpc) is 2.26. The highest BCUT2D eigenvalue weighted by molar-refractivity contribution is 8.01. The zero-order chi connectivity index (χ0) is 12.2. The zero-order valence-corrected chi connectivity index (χ0v) is 11.5. The third-order valence-corrected chi connectivity index (χ3v) is 5.50. The summed E-state index contributed by atoms with van der Waals surface area (Å²) >= 11 is 1.67. The molecule has 0 saturated heterocycles. The Morgan fingerprint density at radius 1 is 1.44 bits per heavy atom. The number of carboxylic acid groups (broad SMARTS) is 1. The SMILES string of the molecule is CCCSC1(C(=O)O)CCC(C(C)C)CC1. The summed E-state index contributed by atoms with van der Waals surface area (Å²) in [7, 11) is 0. The van der Waals surface area contributed by atoms with Crippen LogP contribution < -0.4 is 0 Å². The number of rotatable bonds is 5. The molecule has 0 aromatic rings. The van der Waals surface area contributed by atoms with Crippen LogP contribution in [0.15, 0.2) is 0 Å². The van der Waals surface area contributed by atoms with Crippen molar-refractivity contribution in [1.29, 1.82) is 0 Å². The first kappa shape index (κ1) is 13.9. The number of thioether (sulfide) groups is 1. The van der Waals surface area contributed by atoms with Crippen molar-refractivity contribution < 1.29 is 9.90 Å². The van der Waals surface area contributed by atoms with Crippen molar-refractivity contribution in [2.45, 2.75) is 57.6 Å². The largest absolute Gasteiger partial charge is 0.480 e. The second kappa shape index (κ2) is 5.95. The number of hydrogen-bond donors (Lipinski definition) is 1. The van der Waals surface area contributed by atoms with Gasteiger partial charge in [0, 0.05) is 0 Å². The molecule has 0 aromatic heterocycles. The van der Waals surface area contributed by atoms with E-state index in [1.54, 1.807) is 11.8 Å². The molecule has 3 heteroatoms. The first-order valence-electron chi connectivity index (χ1n) is 6.39. The topological polar surface area (TPSA) is 37.3 Å². The van der Waals surface area contributed by atoms with Crippen LogP contribution in [0.1, 0.15) is 52.9 Å². The van der Waals surface area contributed by atoms with Crippen LogP contribution in [0, 0.1) is 11.8 Å². The molecule has 1 aliphatic rings. The summed E-state index contributed by atoms with van der Waals surface area (Å²) in [6.07, 6.45) is 4.94. The fraction of sp³-hybridized carbons (Fsp3) is 0.923. The highest BCUT2D eigenvalue weighted by Crippen LogP contribution is 2.44. The molecule has 0 radical (unpaired) electrons. The average molecular weight is 244 g/mol. The molecule has 1 rings (SSSR count). The number of carboxylic acids is 1. The first-order valence-corrected chi connectivity index (χ1v) is 7.37.